The smallest absolute Gasteiger partial charge is 0.337 e. The maximum Gasteiger partial charge on any atom is 0.337 e. The van der Waals surface area contributed by atoms with Crippen LogP contribution in [0.25, 0.3) is 0 Å². The van der Waals surface area contributed by atoms with Crippen LogP contribution in [0.3, 0.4) is 0 Å². The average molecular weight is 255 g/mol. The van der Waals surface area contributed by atoms with Gasteiger partial charge in [-0.15, -0.1) is 0 Å². The molecule has 0 aliphatic heterocycles. The number of nitrogens with one attached hydrogen (secondary N) is 1. The van der Waals surface area contributed by atoms with E-state index in [2.05, 4.69) is 24.1 Å². The van der Waals surface area contributed by atoms with E-state index in [1.165, 1.54) is 12.3 Å². The molecule has 0 bridgehead atoms. The number of pyridine rings is 1. The van der Waals surface area contributed by atoms with E-state index in [9.17, 15) is 4.79 Å². The summed E-state index contributed by atoms with van der Waals surface area (Å²) in [6, 6.07) is 1.45. The minimum atomic E-state index is -1.04. The fourth-order valence-corrected chi connectivity index (χ4v) is 1.34. The van der Waals surface area contributed by atoms with Gasteiger partial charge in [0.25, 0.3) is 0 Å². The predicted octanol–water partition coefficient (Wildman–Crippen LogP) is 1.92. The Bertz CT molecular complexity index is 421. The summed E-state index contributed by atoms with van der Waals surface area (Å²) in [4.78, 5) is 14.9. The van der Waals surface area contributed by atoms with E-state index in [-0.39, 0.29) is 16.0 Å². The highest BCUT2D eigenvalue weighted by atomic mass is 32.2. The number of carboxylic acids is 1. The summed E-state index contributed by atoms with van der Waals surface area (Å²) in [5.74, 6) is -0.518. The molecular weight excluding hydrogens is 238 g/mol. The van der Waals surface area contributed by atoms with Crippen molar-refractivity contribution in [1.29, 1.82) is 0 Å². The molecule has 0 spiro atoms. The van der Waals surface area contributed by atoms with Gasteiger partial charge in [-0.2, -0.15) is 11.8 Å². The lowest BCUT2D eigenvalue weighted by molar-refractivity contribution is 0.0698. The van der Waals surface area contributed by atoms with Crippen LogP contribution in [0.1, 0.15) is 24.2 Å². The van der Waals surface area contributed by atoms with Crippen molar-refractivity contribution in [3.8, 4) is 0 Å². The van der Waals surface area contributed by atoms with Gasteiger partial charge in [-0.3, -0.25) is 0 Å². The highest BCUT2D eigenvalue weighted by Gasteiger charge is 2.16. The molecule has 5 nitrogen and oxygen atoms in total. The number of hydrogen-bond donors (Lipinski definition) is 3. The molecule has 4 N–H and O–H groups in total. The van der Waals surface area contributed by atoms with E-state index >= 15 is 0 Å². The Morgan fingerprint density at radius 3 is 2.82 bits per heavy atom. The zero-order valence-corrected chi connectivity index (χ0v) is 11.0. The van der Waals surface area contributed by atoms with Crippen molar-refractivity contribution in [3.05, 3.63) is 17.8 Å². The average Bonchev–Trinajstić information content (AvgIpc) is 2.27. The number of aromatic carboxylic acids is 1. The molecule has 1 rings (SSSR count). The first-order valence-electron chi connectivity index (χ1n) is 5.13. The number of carbonyl (C=O) groups is 1. The van der Waals surface area contributed by atoms with Crippen molar-refractivity contribution < 1.29 is 9.90 Å². The summed E-state index contributed by atoms with van der Waals surface area (Å²) in [5, 5.41) is 12.0. The Hall–Kier alpha value is -1.43. The summed E-state index contributed by atoms with van der Waals surface area (Å²) in [6.07, 6.45) is 3.39. The topological polar surface area (TPSA) is 88.2 Å². The summed E-state index contributed by atoms with van der Waals surface area (Å²) < 4.78 is 0.0620. The molecule has 0 amide bonds. The Balaban J connectivity index is 2.80. The minimum Gasteiger partial charge on any atom is -0.478 e. The Morgan fingerprint density at radius 1 is 1.65 bits per heavy atom. The molecule has 0 saturated heterocycles. The van der Waals surface area contributed by atoms with Crippen molar-refractivity contribution in [2.75, 3.05) is 23.9 Å². The molecular formula is C11H17N3O2S. The second kappa shape index (κ2) is 5.27. The third-order valence-electron chi connectivity index (χ3n) is 2.41. The minimum absolute atomic E-state index is 0.0620. The normalized spacial score (nSPS) is 11.2. The highest BCUT2D eigenvalue weighted by Crippen LogP contribution is 2.22. The van der Waals surface area contributed by atoms with Gasteiger partial charge >= 0.3 is 5.97 Å². The maximum atomic E-state index is 10.9. The fourth-order valence-electron chi connectivity index (χ4n) is 1.12. The first-order valence-corrected chi connectivity index (χ1v) is 6.36. The molecule has 0 aromatic carbocycles. The van der Waals surface area contributed by atoms with E-state index in [0.717, 1.165) is 0 Å². The molecule has 94 valence electrons. The van der Waals surface area contributed by atoms with Crippen LogP contribution in [-0.4, -0.2) is 33.6 Å². The molecule has 0 aliphatic carbocycles. The molecule has 0 saturated carbocycles. The van der Waals surface area contributed by atoms with Gasteiger partial charge in [0, 0.05) is 11.3 Å². The van der Waals surface area contributed by atoms with Crippen molar-refractivity contribution in [1.82, 2.24) is 4.98 Å². The van der Waals surface area contributed by atoms with Gasteiger partial charge < -0.3 is 16.2 Å². The lowest BCUT2D eigenvalue weighted by Crippen LogP contribution is -2.26. The standard InChI is InChI=1S/C11H17N3O2S/c1-11(2,17-3)6-14-9-4-7(10(15)16)8(12)5-13-9/h4-5H,6,12H2,1-3H3,(H,13,14)(H,15,16). The number of rotatable bonds is 5. The highest BCUT2D eigenvalue weighted by molar-refractivity contribution is 7.99. The molecule has 1 heterocycles. The van der Waals surface area contributed by atoms with Gasteiger partial charge in [0.05, 0.1) is 17.4 Å². The SMILES string of the molecule is CSC(C)(C)CNc1cc(C(=O)O)c(N)cn1. The molecule has 0 atom stereocenters. The van der Waals surface area contributed by atoms with Gasteiger partial charge in [-0.1, -0.05) is 0 Å². The lowest BCUT2D eigenvalue weighted by atomic mass is 10.2. The van der Waals surface area contributed by atoms with E-state index in [1.54, 1.807) is 11.8 Å². The molecule has 17 heavy (non-hydrogen) atoms. The third-order valence-corrected chi connectivity index (χ3v) is 3.66. The van der Waals surface area contributed by atoms with Crippen LogP contribution in [0.15, 0.2) is 12.3 Å². The largest absolute Gasteiger partial charge is 0.478 e. The number of aromatic nitrogens is 1. The van der Waals surface area contributed by atoms with Gasteiger partial charge in [-0.05, 0) is 26.2 Å². The summed E-state index contributed by atoms with van der Waals surface area (Å²) >= 11 is 1.73. The van der Waals surface area contributed by atoms with E-state index in [4.69, 9.17) is 10.8 Å². The monoisotopic (exact) mass is 255 g/mol. The Morgan fingerprint density at radius 2 is 2.29 bits per heavy atom. The van der Waals surface area contributed by atoms with E-state index in [0.29, 0.717) is 12.4 Å². The number of hydrogen-bond acceptors (Lipinski definition) is 5. The van der Waals surface area contributed by atoms with Gasteiger partial charge in [0.15, 0.2) is 0 Å². The zero-order valence-electron chi connectivity index (χ0n) is 10.2. The number of thioether (sulfide) groups is 1. The summed E-state index contributed by atoms with van der Waals surface area (Å²) in [5.41, 5.74) is 5.77. The quantitative estimate of drug-likeness (QED) is 0.745. The fraction of sp³-hybridized carbons (Fsp3) is 0.455. The molecule has 0 unspecified atom stereocenters. The molecule has 1 aromatic heterocycles. The van der Waals surface area contributed by atoms with Crippen LogP contribution in [0.4, 0.5) is 11.5 Å². The van der Waals surface area contributed by atoms with E-state index < -0.39 is 5.97 Å². The van der Waals surface area contributed by atoms with Crippen LogP contribution in [-0.2, 0) is 0 Å². The molecule has 0 aliphatic rings. The second-order valence-corrected chi connectivity index (χ2v) is 5.79. The molecule has 1 aromatic rings. The lowest BCUT2D eigenvalue weighted by Gasteiger charge is -2.22. The summed E-state index contributed by atoms with van der Waals surface area (Å²) in [7, 11) is 0. The first-order chi connectivity index (χ1) is 7.85. The number of nitrogens with zero attached hydrogens (tertiary/aromatic N) is 1. The molecule has 0 radical (unpaired) electrons. The Labute approximate surface area is 105 Å². The zero-order chi connectivity index (χ0) is 13.1. The molecule has 0 fully saturated rings. The summed E-state index contributed by atoms with van der Waals surface area (Å²) in [6.45, 7) is 4.89. The van der Waals surface area contributed by atoms with Crippen LogP contribution >= 0.6 is 11.8 Å². The van der Waals surface area contributed by atoms with Crippen LogP contribution < -0.4 is 11.1 Å². The van der Waals surface area contributed by atoms with E-state index in [1.807, 2.05) is 6.26 Å². The van der Waals surface area contributed by atoms with Gasteiger partial charge in [0.2, 0.25) is 0 Å². The first kappa shape index (κ1) is 13.6. The van der Waals surface area contributed by atoms with Crippen molar-refractivity contribution in [3.63, 3.8) is 0 Å². The van der Waals surface area contributed by atoms with Crippen molar-refractivity contribution in [2.24, 2.45) is 0 Å². The van der Waals surface area contributed by atoms with Crippen LogP contribution in [0.2, 0.25) is 0 Å². The third kappa shape index (κ3) is 3.81. The van der Waals surface area contributed by atoms with Crippen LogP contribution in [0.5, 0.6) is 0 Å². The van der Waals surface area contributed by atoms with Crippen molar-refractivity contribution >= 4 is 29.2 Å². The predicted molar refractivity (Wildman–Crippen MR) is 71.7 cm³/mol. The van der Waals surface area contributed by atoms with Gasteiger partial charge in [-0.25, -0.2) is 9.78 Å². The molecule has 6 heteroatoms. The number of nitrogens with two attached hydrogens (primary N) is 1. The maximum absolute atomic E-state index is 10.9. The van der Waals surface area contributed by atoms with Crippen LogP contribution in [0, 0.1) is 0 Å². The van der Waals surface area contributed by atoms with Gasteiger partial charge in [0.1, 0.15) is 5.82 Å². The number of carboxylic acid groups (broad SMARTS) is 1. The number of nitrogen functional groups attached to an aromatic ring is 1. The number of anilines is 2. The van der Waals surface area contributed by atoms with Crippen molar-refractivity contribution in [2.45, 2.75) is 18.6 Å². The second-order valence-electron chi connectivity index (χ2n) is 4.28. The Kier molecular flexibility index (Phi) is 4.22.